The Balaban J connectivity index is 3.11. The summed E-state index contributed by atoms with van der Waals surface area (Å²) in [6.07, 6.45) is 0.750. The molecule has 0 aliphatic rings. The van der Waals surface area contributed by atoms with Gasteiger partial charge in [0.05, 0.1) is 10.7 Å². The lowest BCUT2D eigenvalue weighted by molar-refractivity contribution is -0.114. The highest BCUT2D eigenvalue weighted by atomic mass is 35.5. The van der Waals surface area contributed by atoms with Crippen LogP contribution in [-0.2, 0) is 11.2 Å². The van der Waals surface area contributed by atoms with Gasteiger partial charge in [0.15, 0.2) is 5.15 Å². The fourth-order valence-corrected chi connectivity index (χ4v) is 1.57. The zero-order valence-corrected chi connectivity index (χ0v) is 9.41. The van der Waals surface area contributed by atoms with E-state index in [4.69, 9.17) is 23.2 Å². The van der Waals surface area contributed by atoms with E-state index in [0.29, 0.717) is 10.7 Å². The summed E-state index contributed by atoms with van der Waals surface area (Å²) < 4.78 is 0. The molecular weight excluding hydrogens is 223 g/mol. The van der Waals surface area contributed by atoms with Gasteiger partial charge in [-0.3, -0.25) is 4.79 Å². The summed E-state index contributed by atoms with van der Waals surface area (Å²) >= 11 is 11.8. The Labute approximate surface area is 92.4 Å². The van der Waals surface area contributed by atoms with Gasteiger partial charge >= 0.3 is 0 Å². The predicted octanol–water partition coefficient (Wildman–Crippen LogP) is 2.91. The molecule has 0 fully saturated rings. The van der Waals surface area contributed by atoms with E-state index in [9.17, 15) is 4.79 Å². The molecule has 0 atom stereocenters. The second-order valence-electron chi connectivity index (χ2n) is 2.80. The average molecular weight is 233 g/mol. The van der Waals surface area contributed by atoms with Gasteiger partial charge in [-0.2, -0.15) is 0 Å². The van der Waals surface area contributed by atoms with E-state index in [2.05, 4.69) is 10.3 Å². The summed E-state index contributed by atoms with van der Waals surface area (Å²) in [6, 6.07) is 1.69. The first kappa shape index (κ1) is 11.3. The van der Waals surface area contributed by atoms with Gasteiger partial charge in [0.2, 0.25) is 5.91 Å². The van der Waals surface area contributed by atoms with Crippen LogP contribution in [0.3, 0.4) is 0 Å². The van der Waals surface area contributed by atoms with Gasteiger partial charge in [0.1, 0.15) is 0 Å². The quantitative estimate of drug-likeness (QED) is 0.798. The number of halogens is 2. The highest BCUT2D eigenvalue weighted by Gasteiger charge is 2.09. The third-order valence-electron chi connectivity index (χ3n) is 1.64. The Hall–Kier alpha value is -0.800. The van der Waals surface area contributed by atoms with Crippen LogP contribution in [0.4, 0.5) is 5.69 Å². The molecule has 3 nitrogen and oxygen atoms in total. The van der Waals surface area contributed by atoms with Gasteiger partial charge < -0.3 is 5.32 Å². The molecular formula is C9H10Cl2N2O. The number of carbonyl (C=O) groups is 1. The van der Waals surface area contributed by atoms with Crippen LogP contribution >= 0.6 is 23.2 Å². The number of carbonyl (C=O) groups excluding carboxylic acids is 1. The van der Waals surface area contributed by atoms with Crippen LogP contribution < -0.4 is 5.32 Å². The van der Waals surface area contributed by atoms with E-state index < -0.39 is 0 Å². The molecule has 76 valence electrons. The first-order valence-corrected chi connectivity index (χ1v) is 4.92. The monoisotopic (exact) mass is 232 g/mol. The fraction of sp³-hybridized carbons (Fsp3) is 0.333. The van der Waals surface area contributed by atoms with Crippen LogP contribution in [0.2, 0.25) is 10.2 Å². The maximum Gasteiger partial charge on any atom is 0.221 e. The number of hydrogen-bond donors (Lipinski definition) is 1. The summed E-state index contributed by atoms with van der Waals surface area (Å²) in [5, 5.41) is 3.17. The first-order chi connectivity index (χ1) is 6.54. The summed E-state index contributed by atoms with van der Waals surface area (Å²) in [5.74, 6) is -0.222. The Kier molecular flexibility index (Phi) is 3.72. The van der Waals surface area contributed by atoms with Gasteiger partial charge in [-0.1, -0.05) is 30.1 Å². The standard InChI is InChI=1S/C9H10Cl2N2O/c1-3-6-4-7(10)8(9(11)13-6)12-5(2)14/h4H,3H2,1-2H3,(H,12,14). The molecule has 1 N–H and O–H groups in total. The van der Waals surface area contributed by atoms with E-state index >= 15 is 0 Å². The van der Waals surface area contributed by atoms with Crippen molar-refractivity contribution < 1.29 is 4.79 Å². The van der Waals surface area contributed by atoms with Crippen LogP contribution in [0.1, 0.15) is 19.5 Å². The summed E-state index contributed by atoms with van der Waals surface area (Å²) in [5.41, 5.74) is 1.17. The van der Waals surface area contributed by atoms with Crippen LogP contribution in [-0.4, -0.2) is 10.9 Å². The van der Waals surface area contributed by atoms with Crippen molar-refractivity contribution in [3.8, 4) is 0 Å². The zero-order valence-electron chi connectivity index (χ0n) is 7.90. The highest BCUT2D eigenvalue weighted by molar-refractivity contribution is 6.39. The lowest BCUT2D eigenvalue weighted by Gasteiger charge is -2.08. The van der Waals surface area contributed by atoms with Gasteiger partial charge in [0.25, 0.3) is 0 Å². The summed E-state index contributed by atoms with van der Waals surface area (Å²) in [7, 11) is 0. The SMILES string of the molecule is CCc1cc(Cl)c(NC(C)=O)c(Cl)n1. The van der Waals surface area contributed by atoms with E-state index in [1.165, 1.54) is 6.92 Å². The lowest BCUT2D eigenvalue weighted by Crippen LogP contribution is -2.08. The van der Waals surface area contributed by atoms with Crippen molar-refractivity contribution in [3.63, 3.8) is 0 Å². The van der Waals surface area contributed by atoms with Crippen molar-refractivity contribution in [2.45, 2.75) is 20.3 Å². The molecule has 5 heteroatoms. The van der Waals surface area contributed by atoms with Gasteiger partial charge in [-0.05, 0) is 12.5 Å². The van der Waals surface area contributed by atoms with E-state index in [1.807, 2.05) is 6.92 Å². The maximum absolute atomic E-state index is 10.8. The van der Waals surface area contributed by atoms with Gasteiger partial charge in [-0.25, -0.2) is 4.98 Å². The van der Waals surface area contributed by atoms with Crippen molar-refractivity contribution in [1.29, 1.82) is 0 Å². The molecule has 0 unspecified atom stereocenters. The van der Waals surface area contributed by atoms with Crippen molar-refractivity contribution >= 4 is 34.8 Å². The normalized spacial score (nSPS) is 10.0. The number of aromatic nitrogens is 1. The minimum absolute atomic E-state index is 0.222. The summed E-state index contributed by atoms with van der Waals surface area (Å²) in [4.78, 5) is 14.9. The minimum atomic E-state index is -0.222. The van der Waals surface area contributed by atoms with E-state index in [1.54, 1.807) is 6.07 Å². The summed E-state index contributed by atoms with van der Waals surface area (Å²) in [6.45, 7) is 3.34. The third-order valence-corrected chi connectivity index (χ3v) is 2.22. The number of aryl methyl sites for hydroxylation is 1. The van der Waals surface area contributed by atoms with Crippen molar-refractivity contribution in [2.24, 2.45) is 0 Å². The molecule has 1 aromatic heterocycles. The Morgan fingerprint density at radius 1 is 1.57 bits per heavy atom. The van der Waals surface area contributed by atoms with Crippen LogP contribution in [0.25, 0.3) is 0 Å². The molecule has 0 saturated carbocycles. The average Bonchev–Trinajstić information content (AvgIpc) is 2.10. The number of hydrogen-bond acceptors (Lipinski definition) is 2. The molecule has 1 amide bonds. The lowest BCUT2D eigenvalue weighted by atomic mass is 10.3. The van der Waals surface area contributed by atoms with E-state index in [0.717, 1.165) is 12.1 Å². The van der Waals surface area contributed by atoms with Crippen LogP contribution in [0.15, 0.2) is 6.07 Å². The zero-order chi connectivity index (χ0) is 10.7. The molecule has 0 aliphatic heterocycles. The van der Waals surface area contributed by atoms with Gasteiger partial charge in [-0.15, -0.1) is 0 Å². The third kappa shape index (κ3) is 2.59. The molecule has 0 aromatic carbocycles. The first-order valence-electron chi connectivity index (χ1n) is 4.17. The number of anilines is 1. The van der Waals surface area contributed by atoms with Crippen LogP contribution in [0.5, 0.6) is 0 Å². The number of amides is 1. The highest BCUT2D eigenvalue weighted by Crippen LogP contribution is 2.29. The number of rotatable bonds is 2. The maximum atomic E-state index is 10.8. The second kappa shape index (κ2) is 4.62. The molecule has 0 spiro atoms. The topological polar surface area (TPSA) is 42.0 Å². The van der Waals surface area contributed by atoms with E-state index in [-0.39, 0.29) is 11.1 Å². The second-order valence-corrected chi connectivity index (χ2v) is 3.56. The molecule has 0 saturated heterocycles. The molecule has 0 aliphatic carbocycles. The number of pyridine rings is 1. The van der Waals surface area contributed by atoms with Gasteiger partial charge in [0, 0.05) is 12.6 Å². The molecule has 1 heterocycles. The minimum Gasteiger partial charge on any atom is -0.322 e. The van der Waals surface area contributed by atoms with Crippen molar-refractivity contribution in [3.05, 3.63) is 21.9 Å². The molecule has 0 radical (unpaired) electrons. The Morgan fingerprint density at radius 2 is 2.21 bits per heavy atom. The predicted molar refractivity (Wildman–Crippen MR) is 57.9 cm³/mol. The number of nitrogens with zero attached hydrogens (tertiary/aromatic N) is 1. The van der Waals surface area contributed by atoms with Crippen molar-refractivity contribution in [2.75, 3.05) is 5.32 Å². The largest absolute Gasteiger partial charge is 0.322 e. The Morgan fingerprint density at radius 3 is 2.64 bits per heavy atom. The Bertz CT molecular complexity index is 343. The molecule has 14 heavy (non-hydrogen) atoms. The van der Waals surface area contributed by atoms with Crippen LogP contribution in [0, 0.1) is 0 Å². The molecule has 0 bridgehead atoms. The fourth-order valence-electron chi connectivity index (χ4n) is 1.000. The molecule has 1 aromatic rings. The smallest absolute Gasteiger partial charge is 0.221 e. The number of nitrogens with one attached hydrogen (secondary N) is 1. The van der Waals surface area contributed by atoms with Crippen molar-refractivity contribution in [1.82, 2.24) is 4.98 Å². The molecule has 1 rings (SSSR count).